The number of nitrogens with one attached hydrogen (secondary N) is 4. The summed E-state index contributed by atoms with van der Waals surface area (Å²) in [5, 5.41) is 32.4. The SMILES string of the molecule is Cc1c(F)cc(C(=O)NC2CC2)cc1-c1ccc(C(=O)NC(C)(C#N)CCC2CC2NC(=O)c2cc(F)c(C)c(-c3ccc(C(=O)NCC4(O)CCCCC4)cc3)c2)cc1. The van der Waals surface area contributed by atoms with Crippen molar-refractivity contribution in [3.05, 3.63) is 118 Å². The molecule has 3 fully saturated rings. The zero-order valence-electron chi connectivity index (χ0n) is 34.2. The molecule has 10 nitrogen and oxygen atoms in total. The van der Waals surface area contributed by atoms with Gasteiger partial charge in [0, 0.05) is 40.9 Å². The van der Waals surface area contributed by atoms with Gasteiger partial charge in [-0.05, 0) is 154 Å². The van der Waals surface area contributed by atoms with Crippen molar-refractivity contribution in [2.24, 2.45) is 5.92 Å². The van der Waals surface area contributed by atoms with E-state index in [0.29, 0.717) is 76.6 Å². The molecule has 12 heteroatoms. The predicted molar refractivity (Wildman–Crippen MR) is 224 cm³/mol. The summed E-state index contributed by atoms with van der Waals surface area (Å²) in [5.41, 5.74) is 2.15. The van der Waals surface area contributed by atoms with Crippen molar-refractivity contribution >= 4 is 23.6 Å². The Balaban J connectivity index is 0.916. The van der Waals surface area contributed by atoms with Crippen LogP contribution in [0.2, 0.25) is 0 Å². The highest BCUT2D eigenvalue weighted by Crippen LogP contribution is 2.37. The van der Waals surface area contributed by atoms with E-state index in [9.17, 15) is 33.9 Å². The lowest BCUT2D eigenvalue weighted by Gasteiger charge is -2.32. The Kier molecular flexibility index (Phi) is 12.2. The molecule has 4 amide bonds. The van der Waals surface area contributed by atoms with Gasteiger partial charge in [0.05, 0.1) is 11.7 Å². The molecule has 3 saturated carbocycles. The second-order valence-corrected chi connectivity index (χ2v) is 17.1. The Morgan fingerprint density at radius 3 is 1.78 bits per heavy atom. The summed E-state index contributed by atoms with van der Waals surface area (Å²) in [6, 6.07) is 21.2. The number of benzene rings is 4. The molecule has 0 aliphatic heterocycles. The molecule has 0 spiro atoms. The second-order valence-electron chi connectivity index (χ2n) is 17.1. The summed E-state index contributed by atoms with van der Waals surface area (Å²) in [6.07, 6.45) is 7.66. The van der Waals surface area contributed by atoms with Crippen LogP contribution in [0.1, 0.15) is 124 Å². The van der Waals surface area contributed by atoms with Crippen molar-refractivity contribution in [1.29, 1.82) is 5.26 Å². The van der Waals surface area contributed by atoms with Gasteiger partial charge in [-0.3, -0.25) is 19.2 Å². The Labute approximate surface area is 349 Å². The van der Waals surface area contributed by atoms with Gasteiger partial charge in [0.2, 0.25) is 0 Å². The fourth-order valence-electron chi connectivity index (χ4n) is 7.99. The molecule has 7 rings (SSSR count). The summed E-state index contributed by atoms with van der Waals surface area (Å²) in [4.78, 5) is 52.1. The first-order valence-electron chi connectivity index (χ1n) is 20.8. The van der Waals surface area contributed by atoms with Crippen LogP contribution < -0.4 is 21.3 Å². The highest BCUT2D eigenvalue weighted by atomic mass is 19.1. The molecule has 4 aromatic carbocycles. The number of aliphatic hydroxyl groups is 1. The Bertz CT molecular complexity index is 2350. The van der Waals surface area contributed by atoms with Crippen molar-refractivity contribution in [3.8, 4) is 28.3 Å². The molecule has 0 heterocycles. The highest BCUT2D eigenvalue weighted by Gasteiger charge is 2.40. The van der Waals surface area contributed by atoms with Gasteiger partial charge in [-0.25, -0.2) is 8.78 Å². The van der Waals surface area contributed by atoms with E-state index in [1.165, 1.54) is 12.1 Å². The number of nitrogens with zero attached hydrogens (tertiary/aromatic N) is 1. The first kappa shape index (κ1) is 42.2. The van der Waals surface area contributed by atoms with Crippen molar-refractivity contribution in [2.45, 2.75) is 108 Å². The number of amides is 4. The summed E-state index contributed by atoms with van der Waals surface area (Å²) in [5.74, 6) is -2.46. The van der Waals surface area contributed by atoms with Gasteiger partial charge in [-0.2, -0.15) is 5.26 Å². The van der Waals surface area contributed by atoms with Crippen LogP contribution in [0.3, 0.4) is 0 Å². The lowest BCUT2D eigenvalue weighted by Crippen LogP contribution is -2.45. The third-order valence-corrected chi connectivity index (χ3v) is 12.3. The third kappa shape index (κ3) is 9.91. The minimum Gasteiger partial charge on any atom is -0.388 e. The molecule has 3 aliphatic carbocycles. The summed E-state index contributed by atoms with van der Waals surface area (Å²) >= 11 is 0. The van der Waals surface area contributed by atoms with E-state index in [4.69, 9.17) is 0 Å². The fraction of sp³-hybridized carbons (Fsp3) is 0.396. The van der Waals surface area contributed by atoms with Crippen molar-refractivity contribution in [1.82, 2.24) is 21.3 Å². The molecule has 0 aromatic heterocycles. The number of carbonyl (C=O) groups is 4. The lowest BCUT2D eigenvalue weighted by atomic mass is 9.85. The summed E-state index contributed by atoms with van der Waals surface area (Å²) in [7, 11) is 0. The smallest absolute Gasteiger partial charge is 0.252 e. The van der Waals surface area contributed by atoms with Crippen LogP contribution in [0, 0.1) is 42.7 Å². The second kappa shape index (κ2) is 17.3. The molecule has 0 radical (unpaired) electrons. The van der Waals surface area contributed by atoms with E-state index in [1.54, 1.807) is 81.4 Å². The van der Waals surface area contributed by atoms with Crippen LogP contribution >= 0.6 is 0 Å². The molecule has 0 bridgehead atoms. The van der Waals surface area contributed by atoms with Gasteiger partial charge in [0.15, 0.2) is 0 Å². The van der Waals surface area contributed by atoms with E-state index in [1.807, 2.05) is 0 Å². The largest absolute Gasteiger partial charge is 0.388 e. The van der Waals surface area contributed by atoms with Gasteiger partial charge < -0.3 is 26.4 Å². The molecule has 60 heavy (non-hydrogen) atoms. The van der Waals surface area contributed by atoms with Gasteiger partial charge in [0.25, 0.3) is 23.6 Å². The van der Waals surface area contributed by atoms with Gasteiger partial charge in [-0.15, -0.1) is 0 Å². The van der Waals surface area contributed by atoms with E-state index in [2.05, 4.69) is 27.3 Å². The zero-order valence-corrected chi connectivity index (χ0v) is 34.2. The summed E-state index contributed by atoms with van der Waals surface area (Å²) < 4.78 is 30.0. The molecular formula is C48H51F2N5O5. The average Bonchev–Trinajstić information content (AvgIpc) is 4.19. The monoisotopic (exact) mass is 815 g/mol. The number of hydrogen-bond acceptors (Lipinski definition) is 6. The fourth-order valence-corrected chi connectivity index (χ4v) is 7.99. The van der Waals surface area contributed by atoms with Gasteiger partial charge in [-0.1, -0.05) is 43.5 Å². The van der Waals surface area contributed by atoms with Crippen LogP contribution in [0.25, 0.3) is 22.3 Å². The molecule has 312 valence electrons. The third-order valence-electron chi connectivity index (χ3n) is 12.3. The molecule has 3 unspecified atom stereocenters. The molecule has 4 aromatic rings. The standard InChI is InChI=1S/C48H51F2N5O5/c1-28-38(21-35(23-40(28)49)44(57)53-37-15-16-37)31-9-13-33(14-10-31)46(59)55-47(3,26-51)20-17-34-25-42(34)54-45(58)36-22-39(29(2)41(50)24-36)30-7-11-32(12-8-30)43(56)52-27-48(60)18-5-4-6-19-48/h7-14,21-24,34,37,42,60H,4-6,15-20,25,27H2,1-3H3,(H,52,56)(H,53,57)(H,54,58)(H,55,59). The van der Waals surface area contributed by atoms with E-state index < -0.39 is 34.6 Å². The maximum atomic E-state index is 15.2. The molecular weight excluding hydrogens is 765 g/mol. The average molecular weight is 816 g/mol. The maximum Gasteiger partial charge on any atom is 0.252 e. The van der Waals surface area contributed by atoms with Gasteiger partial charge >= 0.3 is 0 Å². The Hall–Kier alpha value is -5.93. The highest BCUT2D eigenvalue weighted by molar-refractivity contribution is 5.98. The van der Waals surface area contributed by atoms with Crippen LogP contribution in [0.4, 0.5) is 8.78 Å². The Morgan fingerprint density at radius 1 is 0.750 bits per heavy atom. The topological polar surface area (TPSA) is 160 Å². The molecule has 3 aliphatic rings. The molecule has 5 N–H and O–H groups in total. The van der Waals surface area contributed by atoms with E-state index in [-0.39, 0.29) is 47.5 Å². The maximum absolute atomic E-state index is 15.2. The first-order chi connectivity index (χ1) is 28.6. The van der Waals surface area contributed by atoms with E-state index >= 15 is 4.39 Å². The van der Waals surface area contributed by atoms with Gasteiger partial charge in [0.1, 0.15) is 17.2 Å². The quantitative estimate of drug-likeness (QED) is 0.0872. The van der Waals surface area contributed by atoms with Crippen LogP contribution in [0.5, 0.6) is 0 Å². The van der Waals surface area contributed by atoms with Crippen LogP contribution in [0.15, 0.2) is 72.8 Å². The Morgan fingerprint density at radius 2 is 1.27 bits per heavy atom. The first-order valence-corrected chi connectivity index (χ1v) is 20.8. The van der Waals surface area contributed by atoms with Crippen molar-refractivity contribution in [2.75, 3.05) is 6.54 Å². The number of nitriles is 1. The van der Waals surface area contributed by atoms with Crippen molar-refractivity contribution < 1.29 is 33.1 Å². The van der Waals surface area contributed by atoms with Crippen LogP contribution in [-0.2, 0) is 0 Å². The minimum atomic E-state index is -1.20. The normalized spacial score (nSPS) is 18.9. The number of rotatable bonds is 14. The van der Waals surface area contributed by atoms with Crippen molar-refractivity contribution in [3.63, 3.8) is 0 Å². The molecule has 0 saturated heterocycles. The number of halogens is 2. The lowest BCUT2D eigenvalue weighted by molar-refractivity contribution is 0.00525. The zero-order chi connectivity index (χ0) is 42.8. The molecule has 3 atom stereocenters. The van der Waals surface area contributed by atoms with Crippen LogP contribution in [-0.4, -0.2) is 58.5 Å². The predicted octanol–water partition coefficient (Wildman–Crippen LogP) is 7.84. The van der Waals surface area contributed by atoms with E-state index in [0.717, 1.165) is 32.1 Å². The summed E-state index contributed by atoms with van der Waals surface area (Å²) in [6.45, 7) is 5.11. The number of hydrogen-bond donors (Lipinski definition) is 5. The number of carbonyl (C=O) groups excluding carboxylic acids is 4. The minimum absolute atomic E-state index is 0.0656.